The molecule has 1 aromatic carbocycles. The molecule has 1 aromatic rings. The number of esters is 1. The molecule has 0 aliphatic carbocycles. The van der Waals surface area contributed by atoms with E-state index in [4.69, 9.17) is 11.6 Å². The third kappa shape index (κ3) is 2.80. The number of carbonyl (C=O) groups excluding carboxylic acids is 1. The highest BCUT2D eigenvalue weighted by molar-refractivity contribution is 7.89. The number of ether oxygens (including phenoxy) is 1. The zero-order valence-electron chi connectivity index (χ0n) is 10.7. The fourth-order valence-electron chi connectivity index (χ4n) is 2.01. The fraction of sp³-hybridized carbons (Fsp3) is 0.417. The number of aliphatic hydroxyl groups is 1. The number of carbonyl (C=O) groups is 1. The van der Waals surface area contributed by atoms with E-state index in [-0.39, 0.29) is 28.6 Å². The zero-order valence-corrected chi connectivity index (χ0v) is 12.3. The fourth-order valence-corrected chi connectivity index (χ4v) is 4.01. The molecule has 1 atom stereocenters. The lowest BCUT2D eigenvalue weighted by molar-refractivity contribution is 0.0600. The zero-order chi connectivity index (χ0) is 14.9. The minimum absolute atomic E-state index is 0.0269. The minimum atomic E-state index is -3.83. The Balaban J connectivity index is 2.43. The van der Waals surface area contributed by atoms with E-state index in [9.17, 15) is 18.3 Å². The highest BCUT2D eigenvalue weighted by atomic mass is 35.5. The van der Waals surface area contributed by atoms with Crippen molar-refractivity contribution >= 4 is 27.6 Å². The molecule has 1 N–H and O–H groups in total. The highest BCUT2D eigenvalue weighted by Gasteiger charge is 2.33. The van der Waals surface area contributed by atoms with Crippen LogP contribution in [0.3, 0.4) is 0 Å². The lowest BCUT2D eigenvalue weighted by Crippen LogP contribution is -2.30. The average molecular weight is 320 g/mol. The van der Waals surface area contributed by atoms with Gasteiger partial charge in [0.2, 0.25) is 10.0 Å². The van der Waals surface area contributed by atoms with Crippen LogP contribution in [-0.4, -0.2) is 50.1 Å². The van der Waals surface area contributed by atoms with E-state index in [1.54, 1.807) is 0 Å². The molecular formula is C12H14ClNO5S. The van der Waals surface area contributed by atoms with Crippen LogP contribution in [0.2, 0.25) is 5.02 Å². The van der Waals surface area contributed by atoms with Gasteiger partial charge in [-0.1, -0.05) is 11.6 Å². The van der Waals surface area contributed by atoms with Crippen LogP contribution < -0.4 is 0 Å². The van der Waals surface area contributed by atoms with Crippen LogP contribution in [-0.2, 0) is 14.8 Å². The Morgan fingerprint density at radius 1 is 1.50 bits per heavy atom. The summed E-state index contributed by atoms with van der Waals surface area (Å²) in [6.07, 6.45) is -0.291. The van der Waals surface area contributed by atoms with E-state index in [1.807, 2.05) is 0 Å². The summed E-state index contributed by atoms with van der Waals surface area (Å²) in [5, 5.41) is 9.47. The first-order chi connectivity index (χ1) is 9.36. The largest absolute Gasteiger partial charge is 0.465 e. The summed E-state index contributed by atoms with van der Waals surface area (Å²) in [5.41, 5.74) is 0.107. The first-order valence-electron chi connectivity index (χ1n) is 5.92. The molecule has 6 nitrogen and oxygen atoms in total. The molecule has 1 unspecified atom stereocenters. The van der Waals surface area contributed by atoms with Crippen molar-refractivity contribution < 1.29 is 23.1 Å². The third-order valence-corrected chi connectivity index (χ3v) is 5.44. The van der Waals surface area contributed by atoms with Gasteiger partial charge in [0.15, 0.2) is 0 Å². The van der Waals surface area contributed by atoms with Gasteiger partial charge in [-0.25, -0.2) is 13.2 Å². The van der Waals surface area contributed by atoms with Crippen molar-refractivity contribution in [1.29, 1.82) is 0 Å². The SMILES string of the molecule is COC(=O)c1ccc(Cl)c(S(=O)(=O)N2CCC(O)C2)c1. The summed E-state index contributed by atoms with van der Waals surface area (Å²) >= 11 is 5.92. The van der Waals surface area contributed by atoms with Gasteiger partial charge in [0.05, 0.1) is 23.8 Å². The normalized spacial score (nSPS) is 20.1. The molecule has 0 bridgehead atoms. The summed E-state index contributed by atoms with van der Waals surface area (Å²) in [6.45, 7) is 0.253. The Labute approximate surface area is 122 Å². The van der Waals surface area contributed by atoms with Crippen molar-refractivity contribution in [2.75, 3.05) is 20.2 Å². The molecule has 0 saturated carbocycles. The molecule has 2 rings (SSSR count). The topological polar surface area (TPSA) is 83.9 Å². The van der Waals surface area contributed by atoms with Crippen molar-refractivity contribution in [2.24, 2.45) is 0 Å². The molecule has 0 radical (unpaired) electrons. The quantitative estimate of drug-likeness (QED) is 0.836. The van der Waals surface area contributed by atoms with E-state index in [0.717, 1.165) is 4.31 Å². The van der Waals surface area contributed by atoms with E-state index < -0.39 is 22.1 Å². The van der Waals surface area contributed by atoms with Gasteiger partial charge in [-0.2, -0.15) is 4.31 Å². The van der Waals surface area contributed by atoms with Crippen molar-refractivity contribution in [3.8, 4) is 0 Å². The van der Waals surface area contributed by atoms with E-state index in [2.05, 4.69) is 4.74 Å². The number of β-amino-alcohol motifs (C(OH)–C–C–N with tert-alkyl or cyclic N) is 1. The molecular weight excluding hydrogens is 306 g/mol. The minimum Gasteiger partial charge on any atom is -0.465 e. The molecule has 1 saturated heterocycles. The molecule has 1 fully saturated rings. The second-order valence-electron chi connectivity index (χ2n) is 4.44. The predicted octanol–water partition coefficient (Wildman–Crippen LogP) is 0.882. The third-order valence-electron chi connectivity index (χ3n) is 3.10. The van der Waals surface area contributed by atoms with Gasteiger partial charge in [0, 0.05) is 13.1 Å². The number of halogens is 1. The van der Waals surface area contributed by atoms with Gasteiger partial charge in [0.1, 0.15) is 4.90 Å². The first kappa shape index (κ1) is 15.2. The van der Waals surface area contributed by atoms with Crippen molar-refractivity contribution in [3.63, 3.8) is 0 Å². The van der Waals surface area contributed by atoms with Crippen LogP contribution >= 0.6 is 11.6 Å². The van der Waals surface area contributed by atoms with Gasteiger partial charge in [-0.15, -0.1) is 0 Å². The van der Waals surface area contributed by atoms with Crippen molar-refractivity contribution in [2.45, 2.75) is 17.4 Å². The van der Waals surface area contributed by atoms with Crippen LogP contribution in [0.25, 0.3) is 0 Å². The summed E-state index contributed by atoms with van der Waals surface area (Å²) in [4.78, 5) is 11.3. The van der Waals surface area contributed by atoms with Crippen LogP contribution in [0.4, 0.5) is 0 Å². The van der Waals surface area contributed by atoms with Crippen LogP contribution in [0, 0.1) is 0 Å². The molecule has 1 aliphatic rings. The van der Waals surface area contributed by atoms with Crippen LogP contribution in [0.15, 0.2) is 23.1 Å². The second kappa shape index (κ2) is 5.69. The summed E-state index contributed by atoms with van der Waals surface area (Å²) < 4.78 is 30.6. The van der Waals surface area contributed by atoms with E-state index >= 15 is 0 Å². The number of sulfonamides is 1. The highest BCUT2D eigenvalue weighted by Crippen LogP contribution is 2.28. The molecule has 8 heteroatoms. The maximum absolute atomic E-state index is 12.4. The van der Waals surface area contributed by atoms with Crippen LogP contribution in [0.1, 0.15) is 16.8 Å². The number of hydrogen-bond acceptors (Lipinski definition) is 5. The average Bonchev–Trinajstić information content (AvgIpc) is 2.85. The van der Waals surface area contributed by atoms with Gasteiger partial charge in [-0.05, 0) is 24.6 Å². The molecule has 20 heavy (non-hydrogen) atoms. The van der Waals surface area contributed by atoms with E-state index in [0.29, 0.717) is 6.42 Å². The molecule has 1 aliphatic heterocycles. The lowest BCUT2D eigenvalue weighted by Gasteiger charge is -2.17. The number of methoxy groups -OCH3 is 1. The van der Waals surface area contributed by atoms with Crippen molar-refractivity contribution in [1.82, 2.24) is 4.31 Å². The number of nitrogens with zero attached hydrogens (tertiary/aromatic N) is 1. The Bertz CT molecular complexity index is 631. The van der Waals surface area contributed by atoms with E-state index in [1.165, 1.54) is 25.3 Å². The van der Waals surface area contributed by atoms with Gasteiger partial charge in [0.25, 0.3) is 0 Å². The number of rotatable bonds is 3. The first-order valence-corrected chi connectivity index (χ1v) is 7.74. The molecule has 0 spiro atoms. The summed E-state index contributed by atoms with van der Waals surface area (Å²) in [5.74, 6) is -0.639. The van der Waals surface area contributed by atoms with Gasteiger partial charge in [-0.3, -0.25) is 0 Å². The molecule has 110 valence electrons. The Morgan fingerprint density at radius 2 is 2.20 bits per heavy atom. The standard InChI is InChI=1S/C12H14ClNO5S/c1-19-12(16)8-2-3-10(13)11(6-8)20(17,18)14-5-4-9(15)7-14/h2-3,6,9,15H,4-5,7H2,1H3. The Morgan fingerprint density at radius 3 is 2.75 bits per heavy atom. The van der Waals surface area contributed by atoms with Crippen LogP contribution in [0.5, 0.6) is 0 Å². The molecule has 1 heterocycles. The summed E-state index contributed by atoms with van der Waals surface area (Å²) in [7, 11) is -2.62. The smallest absolute Gasteiger partial charge is 0.337 e. The number of benzene rings is 1. The Hall–Kier alpha value is -1.15. The second-order valence-corrected chi connectivity index (χ2v) is 6.76. The maximum atomic E-state index is 12.4. The van der Waals surface area contributed by atoms with Gasteiger partial charge >= 0.3 is 5.97 Å². The van der Waals surface area contributed by atoms with Gasteiger partial charge < -0.3 is 9.84 Å². The Kier molecular flexibility index (Phi) is 4.33. The lowest BCUT2D eigenvalue weighted by atomic mass is 10.2. The number of aliphatic hydroxyl groups excluding tert-OH is 1. The number of hydrogen-bond donors (Lipinski definition) is 1. The molecule has 0 amide bonds. The summed E-state index contributed by atoms with van der Waals surface area (Å²) in [6, 6.07) is 3.92. The maximum Gasteiger partial charge on any atom is 0.337 e. The predicted molar refractivity (Wildman–Crippen MR) is 72.2 cm³/mol. The molecule has 0 aromatic heterocycles. The monoisotopic (exact) mass is 319 g/mol. The van der Waals surface area contributed by atoms with Crippen molar-refractivity contribution in [3.05, 3.63) is 28.8 Å².